The molecular formula is C21H18BrN3O2S2. The standard InChI is InChI=1S/C21H18BrN3O2S2/c22-20-8-9-21(28-20)29(26,27)25-14-17-10-16(12-23)6-7-19(17)24-13-18(25)11-15-4-2-1-3-5-15/h1-10,18,24H,11,13-14H2. The molecule has 1 unspecified atom stereocenters. The van der Waals surface area contributed by atoms with E-state index in [1.165, 1.54) is 11.3 Å². The number of hydrogen-bond donors (Lipinski definition) is 1. The van der Waals surface area contributed by atoms with Crippen LogP contribution in [-0.4, -0.2) is 25.3 Å². The van der Waals surface area contributed by atoms with Crippen LogP contribution < -0.4 is 5.32 Å². The van der Waals surface area contributed by atoms with Gasteiger partial charge in [-0.05, 0) is 63.8 Å². The zero-order valence-electron chi connectivity index (χ0n) is 15.4. The van der Waals surface area contributed by atoms with E-state index in [0.29, 0.717) is 22.7 Å². The van der Waals surface area contributed by atoms with Gasteiger partial charge in [-0.25, -0.2) is 8.42 Å². The zero-order chi connectivity index (χ0) is 20.4. The summed E-state index contributed by atoms with van der Waals surface area (Å²) in [5.41, 5.74) is 3.27. The summed E-state index contributed by atoms with van der Waals surface area (Å²) in [6.07, 6.45) is 0.596. The SMILES string of the molecule is N#Cc1ccc2c(c1)CN(S(=O)(=O)c1ccc(Br)s1)C(Cc1ccccc1)CN2. The van der Waals surface area contributed by atoms with Crippen molar-refractivity contribution in [3.05, 3.63) is 81.1 Å². The second kappa shape index (κ2) is 8.28. The van der Waals surface area contributed by atoms with Gasteiger partial charge >= 0.3 is 0 Å². The summed E-state index contributed by atoms with van der Waals surface area (Å²) in [5, 5.41) is 12.6. The van der Waals surface area contributed by atoms with Gasteiger partial charge < -0.3 is 5.32 Å². The Labute approximate surface area is 182 Å². The van der Waals surface area contributed by atoms with Crippen LogP contribution in [0, 0.1) is 11.3 Å². The molecule has 0 aliphatic carbocycles. The molecule has 1 N–H and O–H groups in total. The molecular weight excluding hydrogens is 470 g/mol. The number of anilines is 1. The molecule has 1 aromatic heterocycles. The molecule has 0 amide bonds. The average molecular weight is 488 g/mol. The predicted octanol–water partition coefficient (Wildman–Crippen LogP) is 4.61. The van der Waals surface area contributed by atoms with E-state index in [-0.39, 0.29) is 12.6 Å². The molecule has 1 atom stereocenters. The first-order valence-corrected chi connectivity index (χ1v) is 12.1. The number of benzene rings is 2. The van der Waals surface area contributed by atoms with Crippen molar-refractivity contribution in [3.63, 3.8) is 0 Å². The van der Waals surface area contributed by atoms with Crippen molar-refractivity contribution in [2.75, 3.05) is 11.9 Å². The Hall–Kier alpha value is -2.18. The van der Waals surface area contributed by atoms with E-state index in [1.54, 1.807) is 28.6 Å². The van der Waals surface area contributed by atoms with Gasteiger partial charge in [0.25, 0.3) is 10.0 Å². The van der Waals surface area contributed by atoms with Crippen molar-refractivity contribution in [2.45, 2.75) is 23.2 Å². The number of sulfonamides is 1. The Bertz CT molecular complexity index is 1170. The van der Waals surface area contributed by atoms with E-state index < -0.39 is 10.0 Å². The lowest BCUT2D eigenvalue weighted by Crippen LogP contribution is -2.43. The van der Waals surface area contributed by atoms with Crippen LogP contribution in [0.25, 0.3) is 0 Å². The quantitative estimate of drug-likeness (QED) is 0.582. The third kappa shape index (κ3) is 4.23. The minimum absolute atomic E-state index is 0.215. The Morgan fingerprint density at radius 3 is 2.66 bits per heavy atom. The van der Waals surface area contributed by atoms with Crippen molar-refractivity contribution >= 4 is 43.0 Å². The first-order valence-electron chi connectivity index (χ1n) is 9.05. The Balaban J connectivity index is 1.76. The summed E-state index contributed by atoms with van der Waals surface area (Å²) < 4.78 is 29.7. The van der Waals surface area contributed by atoms with Gasteiger partial charge in [0.05, 0.1) is 15.4 Å². The highest BCUT2D eigenvalue weighted by Gasteiger charge is 2.35. The Morgan fingerprint density at radius 1 is 1.17 bits per heavy atom. The first-order chi connectivity index (χ1) is 14.0. The number of rotatable bonds is 4. The molecule has 1 aliphatic rings. The minimum atomic E-state index is -3.70. The molecule has 0 spiro atoms. The normalized spacial score (nSPS) is 17.0. The van der Waals surface area contributed by atoms with Crippen molar-refractivity contribution in [1.29, 1.82) is 5.26 Å². The Kier molecular flexibility index (Phi) is 5.74. The summed E-state index contributed by atoms with van der Waals surface area (Å²) in [4.78, 5) is 0. The van der Waals surface area contributed by atoms with Gasteiger partial charge in [0.2, 0.25) is 0 Å². The molecule has 0 fully saturated rings. The summed E-state index contributed by atoms with van der Waals surface area (Å²) in [6, 6.07) is 20.5. The van der Waals surface area contributed by atoms with E-state index >= 15 is 0 Å². The molecule has 3 aromatic rings. The predicted molar refractivity (Wildman–Crippen MR) is 118 cm³/mol. The molecule has 29 heavy (non-hydrogen) atoms. The van der Waals surface area contributed by atoms with Crippen LogP contribution in [-0.2, 0) is 23.0 Å². The number of hydrogen-bond acceptors (Lipinski definition) is 5. The van der Waals surface area contributed by atoms with Gasteiger partial charge in [-0.3, -0.25) is 0 Å². The van der Waals surface area contributed by atoms with Gasteiger partial charge in [0, 0.05) is 24.8 Å². The van der Waals surface area contributed by atoms with E-state index in [2.05, 4.69) is 27.3 Å². The lowest BCUT2D eigenvalue weighted by atomic mass is 10.1. The number of nitrogens with zero attached hydrogens (tertiary/aromatic N) is 2. The highest BCUT2D eigenvalue weighted by Crippen LogP contribution is 2.33. The molecule has 0 radical (unpaired) electrons. The van der Waals surface area contributed by atoms with Gasteiger partial charge in [-0.15, -0.1) is 11.3 Å². The minimum Gasteiger partial charge on any atom is -0.383 e. The molecule has 4 rings (SSSR count). The monoisotopic (exact) mass is 487 g/mol. The smallest absolute Gasteiger partial charge is 0.253 e. The maximum Gasteiger partial charge on any atom is 0.253 e. The lowest BCUT2D eigenvalue weighted by Gasteiger charge is -2.28. The lowest BCUT2D eigenvalue weighted by molar-refractivity contribution is 0.326. The summed E-state index contributed by atoms with van der Waals surface area (Å²) in [7, 11) is -3.70. The van der Waals surface area contributed by atoms with E-state index in [0.717, 1.165) is 20.6 Å². The summed E-state index contributed by atoms with van der Waals surface area (Å²) in [6.45, 7) is 0.701. The second-order valence-electron chi connectivity index (χ2n) is 6.82. The number of nitriles is 1. The van der Waals surface area contributed by atoms with Crippen molar-refractivity contribution in [2.24, 2.45) is 0 Å². The number of fused-ring (bicyclic) bond motifs is 1. The van der Waals surface area contributed by atoms with E-state index in [4.69, 9.17) is 0 Å². The first kappa shape index (κ1) is 20.1. The fourth-order valence-electron chi connectivity index (χ4n) is 3.49. The average Bonchev–Trinajstić information content (AvgIpc) is 3.09. The number of thiophene rings is 1. The van der Waals surface area contributed by atoms with Gasteiger partial charge in [-0.2, -0.15) is 9.57 Å². The molecule has 2 aromatic carbocycles. The van der Waals surface area contributed by atoms with Crippen LogP contribution in [0.4, 0.5) is 5.69 Å². The highest BCUT2D eigenvalue weighted by atomic mass is 79.9. The third-order valence-electron chi connectivity index (χ3n) is 4.92. The molecule has 5 nitrogen and oxygen atoms in total. The molecule has 1 aliphatic heterocycles. The van der Waals surface area contributed by atoms with Crippen molar-refractivity contribution in [1.82, 2.24) is 4.31 Å². The maximum absolute atomic E-state index is 13.5. The van der Waals surface area contributed by atoms with Crippen LogP contribution in [0.1, 0.15) is 16.7 Å². The van der Waals surface area contributed by atoms with Gasteiger partial charge in [0.15, 0.2) is 0 Å². The molecule has 0 saturated heterocycles. The topological polar surface area (TPSA) is 73.2 Å². The number of nitrogens with one attached hydrogen (secondary N) is 1. The van der Waals surface area contributed by atoms with Gasteiger partial charge in [0.1, 0.15) is 4.21 Å². The molecule has 0 bridgehead atoms. The zero-order valence-corrected chi connectivity index (χ0v) is 18.6. The van der Waals surface area contributed by atoms with Crippen molar-refractivity contribution in [3.8, 4) is 6.07 Å². The summed E-state index contributed by atoms with van der Waals surface area (Å²) in [5.74, 6) is 0. The highest BCUT2D eigenvalue weighted by molar-refractivity contribution is 9.11. The molecule has 0 saturated carbocycles. The fraction of sp³-hybridized carbons (Fsp3) is 0.190. The van der Waals surface area contributed by atoms with Crippen LogP contribution in [0.15, 0.2) is 68.7 Å². The summed E-state index contributed by atoms with van der Waals surface area (Å²) >= 11 is 4.57. The van der Waals surface area contributed by atoms with E-state index in [1.807, 2.05) is 36.4 Å². The molecule has 2 heterocycles. The molecule has 148 valence electrons. The maximum atomic E-state index is 13.5. The largest absolute Gasteiger partial charge is 0.383 e. The van der Waals surface area contributed by atoms with Crippen LogP contribution in [0.5, 0.6) is 0 Å². The van der Waals surface area contributed by atoms with Gasteiger partial charge in [-0.1, -0.05) is 30.3 Å². The third-order valence-corrected chi connectivity index (χ3v) is 8.91. The van der Waals surface area contributed by atoms with Crippen LogP contribution in [0.3, 0.4) is 0 Å². The fourth-order valence-corrected chi connectivity index (χ4v) is 7.23. The van der Waals surface area contributed by atoms with E-state index in [9.17, 15) is 13.7 Å². The molecule has 8 heteroatoms. The van der Waals surface area contributed by atoms with Crippen LogP contribution in [0.2, 0.25) is 0 Å². The Morgan fingerprint density at radius 2 is 1.97 bits per heavy atom. The second-order valence-corrected chi connectivity index (χ2v) is 11.4. The number of halogens is 1. The van der Waals surface area contributed by atoms with Crippen molar-refractivity contribution < 1.29 is 8.42 Å². The van der Waals surface area contributed by atoms with Crippen LogP contribution >= 0.6 is 27.3 Å².